The summed E-state index contributed by atoms with van der Waals surface area (Å²) in [7, 11) is 0. The van der Waals surface area contributed by atoms with E-state index < -0.39 is 0 Å². The van der Waals surface area contributed by atoms with Gasteiger partial charge in [-0.25, -0.2) is 4.98 Å². The summed E-state index contributed by atoms with van der Waals surface area (Å²) in [6.45, 7) is 9.34. The number of likely N-dealkylation sites (tertiary alicyclic amines) is 1. The van der Waals surface area contributed by atoms with E-state index in [4.69, 9.17) is 4.98 Å². The van der Waals surface area contributed by atoms with Crippen molar-refractivity contribution in [3.05, 3.63) is 60.4 Å². The van der Waals surface area contributed by atoms with Gasteiger partial charge in [0.05, 0.1) is 12.4 Å². The van der Waals surface area contributed by atoms with E-state index in [9.17, 15) is 0 Å². The molecular formula is C20H26N4S. The van der Waals surface area contributed by atoms with Gasteiger partial charge in [-0.3, -0.25) is 9.88 Å². The number of hydrogen-bond donors (Lipinski definition) is 1. The molecule has 0 radical (unpaired) electrons. The molecule has 0 saturated carbocycles. The fourth-order valence-corrected chi connectivity index (χ4v) is 3.85. The number of nitrogens with zero attached hydrogens (tertiary/aromatic N) is 3. The maximum Gasteiger partial charge on any atom is 0.146 e. The van der Waals surface area contributed by atoms with Crippen molar-refractivity contribution in [1.82, 2.24) is 14.9 Å². The summed E-state index contributed by atoms with van der Waals surface area (Å²) < 4.78 is 0. The molecule has 1 saturated heterocycles. The van der Waals surface area contributed by atoms with Gasteiger partial charge >= 0.3 is 0 Å². The van der Waals surface area contributed by atoms with Crippen LogP contribution >= 0.6 is 11.8 Å². The zero-order valence-electron chi connectivity index (χ0n) is 14.8. The molecule has 0 spiro atoms. The summed E-state index contributed by atoms with van der Waals surface area (Å²) in [5.41, 5.74) is 2.54. The number of rotatable bonds is 7. The molecule has 5 heteroatoms. The Bertz CT molecular complexity index is 681. The van der Waals surface area contributed by atoms with Gasteiger partial charge in [-0.1, -0.05) is 42.5 Å². The van der Waals surface area contributed by atoms with Gasteiger partial charge in [-0.2, -0.15) is 0 Å². The summed E-state index contributed by atoms with van der Waals surface area (Å²) in [6.07, 6.45) is 5.94. The quantitative estimate of drug-likeness (QED) is 0.595. The van der Waals surface area contributed by atoms with Crippen LogP contribution in [0.25, 0.3) is 0 Å². The second-order valence-corrected chi connectivity index (χ2v) is 7.66. The molecule has 132 valence electrons. The maximum atomic E-state index is 4.71. The molecule has 1 fully saturated rings. The van der Waals surface area contributed by atoms with Crippen LogP contribution in [0.15, 0.2) is 59.9 Å². The number of nitrogens with one attached hydrogen (secondary N) is 1. The van der Waals surface area contributed by atoms with E-state index in [0.29, 0.717) is 6.04 Å². The molecule has 0 aliphatic carbocycles. The van der Waals surface area contributed by atoms with Crippen molar-refractivity contribution in [2.24, 2.45) is 0 Å². The van der Waals surface area contributed by atoms with Crippen LogP contribution in [0.1, 0.15) is 25.3 Å². The van der Waals surface area contributed by atoms with Crippen molar-refractivity contribution in [3.63, 3.8) is 0 Å². The number of thioether (sulfide) groups is 1. The Kier molecular flexibility index (Phi) is 6.48. The molecule has 1 N–H and O–H groups in total. The molecule has 0 bridgehead atoms. The van der Waals surface area contributed by atoms with E-state index in [1.807, 2.05) is 18.5 Å². The third kappa shape index (κ3) is 5.87. The molecule has 25 heavy (non-hydrogen) atoms. The van der Waals surface area contributed by atoms with Crippen LogP contribution in [-0.2, 0) is 5.75 Å². The highest BCUT2D eigenvalue weighted by Gasteiger charge is 2.19. The minimum atomic E-state index is 0.477. The molecule has 2 aromatic rings. The van der Waals surface area contributed by atoms with Crippen molar-refractivity contribution in [2.45, 2.75) is 36.6 Å². The van der Waals surface area contributed by atoms with Gasteiger partial charge in [0, 0.05) is 31.4 Å². The van der Waals surface area contributed by atoms with Gasteiger partial charge in [-0.15, -0.1) is 11.8 Å². The van der Waals surface area contributed by atoms with E-state index in [-0.39, 0.29) is 0 Å². The monoisotopic (exact) mass is 354 g/mol. The molecule has 0 atom stereocenters. The molecule has 1 aliphatic rings. The zero-order chi connectivity index (χ0) is 17.5. The highest BCUT2D eigenvalue weighted by Crippen LogP contribution is 2.22. The van der Waals surface area contributed by atoms with Crippen molar-refractivity contribution in [2.75, 3.05) is 25.0 Å². The Hall–Kier alpha value is -1.85. The summed E-state index contributed by atoms with van der Waals surface area (Å²) >= 11 is 1.73. The predicted molar refractivity (Wildman–Crippen MR) is 106 cm³/mol. The van der Waals surface area contributed by atoms with Gasteiger partial charge in [-0.05, 0) is 25.3 Å². The smallest absolute Gasteiger partial charge is 0.146 e. The number of anilines is 1. The Morgan fingerprint density at radius 1 is 1.24 bits per heavy atom. The predicted octanol–water partition coefficient (Wildman–Crippen LogP) is 4.22. The highest BCUT2D eigenvalue weighted by atomic mass is 32.2. The lowest BCUT2D eigenvalue weighted by molar-refractivity contribution is 0.235. The lowest BCUT2D eigenvalue weighted by atomic mass is 10.0. The Morgan fingerprint density at radius 3 is 2.72 bits per heavy atom. The zero-order valence-corrected chi connectivity index (χ0v) is 15.6. The number of piperidine rings is 1. The number of hydrogen-bond acceptors (Lipinski definition) is 5. The van der Waals surface area contributed by atoms with Gasteiger partial charge < -0.3 is 5.32 Å². The van der Waals surface area contributed by atoms with Crippen LogP contribution in [-0.4, -0.2) is 40.5 Å². The lowest BCUT2D eigenvalue weighted by Gasteiger charge is -2.32. The molecule has 2 heterocycles. The average molecular weight is 355 g/mol. The number of benzene rings is 1. The topological polar surface area (TPSA) is 41.0 Å². The van der Waals surface area contributed by atoms with Gasteiger partial charge in [0.15, 0.2) is 0 Å². The fourth-order valence-electron chi connectivity index (χ4n) is 3.04. The summed E-state index contributed by atoms with van der Waals surface area (Å²) in [6, 6.07) is 10.9. The first-order valence-corrected chi connectivity index (χ1v) is 9.79. The van der Waals surface area contributed by atoms with E-state index in [1.165, 1.54) is 11.1 Å². The van der Waals surface area contributed by atoms with E-state index >= 15 is 0 Å². The highest BCUT2D eigenvalue weighted by molar-refractivity contribution is 7.98. The van der Waals surface area contributed by atoms with Crippen LogP contribution in [0, 0.1) is 0 Å². The third-order valence-corrected chi connectivity index (χ3v) is 5.25. The first kappa shape index (κ1) is 18.0. The number of aromatic nitrogens is 2. The molecule has 1 aliphatic heterocycles. The average Bonchev–Trinajstić information content (AvgIpc) is 2.62. The molecule has 0 unspecified atom stereocenters. The van der Waals surface area contributed by atoms with Crippen LogP contribution in [0.4, 0.5) is 5.82 Å². The standard InChI is InChI=1S/C20H26N4S/c1-16(2)14-24-10-8-18(9-11-24)22-19-12-21-13-20(23-19)25-15-17-6-4-3-5-7-17/h3-7,12-13,18H,1,8-11,14-15H2,2H3,(H,22,23). The third-order valence-electron chi connectivity index (χ3n) is 4.28. The summed E-state index contributed by atoms with van der Waals surface area (Å²) in [4.78, 5) is 11.5. The van der Waals surface area contributed by atoms with Crippen molar-refractivity contribution in [3.8, 4) is 0 Å². The van der Waals surface area contributed by atoms with Gasteiger partial charge in [0.1, 0.15) is 10.8 Å². The van der Waals surface area contributed by atoms with Crippen molar-refractivity contribution >= 4 is 17.6 Å². The first-order chi connectivity index (χ1) is 12.2. The van der Waals surface area contributed by atoms with Crippen molar-refractivity contribution in [1.29, 1.82) is 0 Å². The second-order valence-electron chi connectivity index (χ2n) is 6.67. The SMILES string of the molecule is C=C(C)CN1CCC(Nc2cncc(SCc3ccccc3)n2)CC1. The van der Waals surface area contributed by atoms with Crippen LogP contribution in [0.2, 0.25) is 0 Å². The summed E-state index contributed by atoms with van der Waals surface area (Å²) in [5, 5.41) is 4.52. The molecular weight excluding hydrogens is 328 g/mol. The Balaban J connectivity index is 1.49. The molecule has 4 nitrogen and oxygen atoms in total. The van der Waals surface area contributed by atoms with Crippen LogP contribution in [0.3, 0.4) is 0 Å². The molecule has 1 aromatic heterocycles. The van der Waals surface area contributed by atoms with E-state index in [2.05, 4.69) is 53.0 Å². The normalized spacial score (nSPS) is 15.9. The van der Waals surface area contributed by atoms with Crippen LogP contribution < -0.4 is 5.32 Å². The summed E-state index contributed by atoms with van der Waals surface area (Å²) in [5.74, 6) is 1.80. The largest absolute Gasteiger partial charge is 0.366 e. The molecule has 1 aromatic carbocycles. The van der Waals surface area contributed by atoms with Gasteiger partial charge in [0.2, 0.25) is 0 Å². The Labute approximate surface area is 154 Å². The molecule has 0 amide bonds. The Morgan fingerprint density at radius 2 is 2.00 bits per heavy atom. The van der Waals surface area contributed by atoms with Gasteiger partial charge in [0.25, 0.3) is 0 Å². The minimum absolute atomic E-state index is 0.477. The van der Waals surface area contributed by atoms with Crippen molar-refractivity contribution < 1.29 is 0 Å². The van der Waals surface area contributed by atoms with E-state index in [1.54, 1.807) is 11.8 Å². The fraction of sp³-hybridized carbons (Fsp3) is 0.400. The lowest BCUT2D eigenvalue weighted by Crippen LogP contribution is -2.39. The molecule has 3 rings (SSSR count). The van der Waals surface area contributed by atoms with Crippen LogP contribution in [0.5, 0.6) is 0 Å². The maximum absolute atomic E-state index is 4.71. The second kappa shape index (κ2) is 9.02. The van der Waals surface area contributed by atoms with E-state index in [0.717, 1.165) is 49.1 Å². The minimum Gasteiger partial charge on any atom is -0.366 e. The first-order valence-electron chi connectivity index (χ1n) is 8.81.